The van der Waals surface area contributed by atoms with E-state index < -0.39 is 0 Å². The van der Waals surface area contributed by atoms with Gasteiger partial charge in [-0.2, -0.15) is 0 Å². The molecule has 0 aliphatic carbocycles. The highest BCUT2D eigenvalue weighted by Gasteiger charge is 2.09. The predicted molar refractivity (Wildman–Crippen MR) is 54.4 cm³/mol. The van der Waals surface area contributed by atoms with E-state index in [2.05, 4.69) is 20.5 Å². The van der Waals surface area contributed by atoms with Gasteiger partial charge >= 0.3 is 0 Å². The minimum Gasteiger partial charge on any atom is -0.396 e. The molecule has 84 valence electrons. The van der Waals surface area contributed by atoms with Gasteiger partial charge in [0.15, 0.2) is 0 Å². The van der Waals surface area contributed by atoms with Gasteiger partial charge < -0.3 is 10.4 Å². The number of H-pyrrole nitrogens is 1. The summed E-state index contributed by atoms with van der Waals surface area (Å²) in [4.78, 5) is 15.3. The van der Waals surface area contributed by atoms with Crippen molar-refractivity contribution in [2.24, 2.45) is 0 Å². The number of carbonyl (C=O) groups is 1. The maximum Gasteiger partial charge on any atom is 0.290 e. The summed E-state index contributed by atoms with van der Waals surface area (Å²) in [6.07, 6.45) is 2.54. The Morgan fingerprint density at radius 1 is 1.47 bits per heavy atom. The third-order valence-corrected chi connectivity index (χ3v) is 1.92. The quantitative estimate of drug-likeness (QED) is 0.579. The van der Waals surface area contributed by atoms with E-state index in [1.54, 1.807) is 6.92 Å². The Morgan fingerprint density at radius 2 is 2.27 bits per heavy atom. The first-order valence-corrected chi connectivity index (χ1v) is 5.02. The number of aliphatic hydroxyl groups excluding tert-OH is 1. The summed E-state index contributed by atoms with van der Waals surface area (Å²) in [6.45, 7) is 2.53. The Kier molecular flexibility index (Phi) is 4.76. The summed E-state index contributed by atoms with van der Waals surface area (Å²) in [6, 6.07) is 0. The molecule has 6 nitrogen and oxygen atoms in total. The van der Waals surface area contributed by atoms with Crippen molar-refractivity contribution in [3.63, 3.8) is 0 Å². The number of hydrogen-bond donors (Lipinski definition) is 3. The zero-order valence-corrected chi connectivity index (χ0v) is 8.79. The molecule has 0 saturated carbocycles. The summed E-state index contributed by atoms with van der Waals surface area (Å²) >= 11 is 0. The molecule has 1 heterocycles. The van der Waals surface area contributed by atoms with Crippen molar-refractivity contribution in [2.75, 3.05) is 13.2 Å². The monoisotopic (exact) mass is 212 g/mol. The Morgan fingerprint density at radius 3 is 2.87 bits per heavy atom. The second-order valence-electron chi connectivity index (χ2n) is 3.28. The Bertz CT molecular complexity index is 311. The van der Waals surface area contributed by atoms with Crippen LogP contribution in [0.1, 0.15) is 35.7 Å². The van der Waals surface area contributed by atoms with E-state index in [4.69, 9.17) is 5.11 Å². The SMILES string of the molecule is Cc1nc(C(=O)NCCCCCO)n[nH]1. The summed E-state index contributed by atoms with van der Waals surface area (Å²) in [7, 11) is 0. The van der Waals surface area contributed by atoms with E-state index in [-0.39, 0.29) is 18.3 Å². The third kappa shape index (κ3) is 4.07. The van der Waals surface area contributed by atoms with Gasteiger partial charge in [-0.1, -0.05) is 0 Å². The number of rotatable bonds is 6. The molecule has 3 N–H and O–H groups in total. The minimum atomic E-state index is -0.261. The summed E-state index contributed by atoms with van der Waals surface area (Å²) in [5.41, 5.74) is 0. The van der Waals surface area contributed by atoms with Gasteiger partial charge in [0, 0.05) is 13.2 Å². The first-order chi connectivity index (χ1) is 7.24. The lowest BCUT2D eigenvalue weighted by Crippen LogP contribution is -2.25. The van der Waals surface area contributed by atoms with Crippen molar-refractivity contribution in [1.29, 1.82) is 0 Å². The van der Waals surface area contributed by atoms with Crippen LogP contribution < -0.4 is 5.32 Å². The fraction of sp³-hybridized carbons (Fsp3) is 0.667. The fourth-order valence-corrected chi connectivity index (χ4v) is 1.14. The largest absolute Gasteiger partial charge is 0.396 e. The average molecular weight is 212 g/mol. The van der Waals surface area contributed by atoms with Crippen LogP contribution >= 0.6 is 0 Å². The van der Waals surface area contributed by atoms with Gasteiger partial charge in [-0.25, -0.2) is 4.98 Å². The van der Waals surface area contributed by atoms with Crippen LogP contribution in [0.3, 0.4) is 0 Å². The van der Waals surface area contributed by atoms with E-state index in [1.165, 1.54) is 0 Å². The standard InChI is InChI=1S/C9H16N4O2/c1-7-11-8(13-12-7)9(15)10-5-3-2-4-6-14/h14H,2-6H2,1H3,(H,10,15)(H,11,12,13). The van der Waals surface area contributed by atoms with Crippen LogP contribution in [0, 0.1) is 6.92 Å². The normalized spacial score (nSPS) is 10.3. The number of carbonyl (C=O) groups excluding carboxylic acids is 1. The van der Waals surface area contributed by atoms with Gasteiger partial charge in [-0.15, -0.1) is 5.10 Å². The highest BCUT2D eigenvalue weighted by atomic mass is 16.2. The number of hydrogen-bond acceptors (Lipinski definition) is 4. The second-order valence-corrected chi connectivity index (χ2v) is 3.28. The molecule has 1 amide bonds. The van der Waals surface area contributed by atoms with Crippen molar-refractivity contribution in [2.45, 2.75) is 26.2 Å². The number of nitrogens with zero attached hydrogens (tertiary/aromatic N) is 2. The Labute approximate surface area is 88.1 Å². The molecule has 0 atom stereocenters. The molecule has 0 spiro atoms. The molecule has 6 heteroatoms. The fourth-order valence-electron chi connectivity index (χ4n) is 1.14. The van der Waals surface area contributed by atoms with Gasteiger partial charge in [0.2, 0.25) is 5.82 Å². The van der Waals surface area contributed by atoms with Gasteiger partial charge in [-0.3, -0.25) is 9.89 Å². The molecule has 0 aliphatic rings. The predicted octanol–water partition coefficient (Wildman–Crippen LogP) is 0.00552. The molecule has 15 heavy (non-hydrogen) atoms. The van der Waals surface area contributed by atoms with Gasteiger partial charge in [0.25, 0.3) is 5.91 Å². The number of aliphatic hydroxyl groups is 1. The van der Waals surface area contributed by atoms with Crippen LogP contribution in [-0.2, 0) is 0 Å². The first-order valence-electron chi connectivity index (χ1n) is 5.02. The average Bonchev–Trinajstić information content (AvgIpc) is 2.64. The summed E-state index contributed by atoms with van der Waals surface area (Å²) < 4.78 is 0. The first kappa shape index (κ1) is 11.6. The van der Waals surface area contributed by atoms with E-state index in [0.29, 0.717) is 12.4 Å². The molecular weight excluding hydrogens is 196 g/mol. The van der Waals surface area contributed by atoms with Crippen LogP contribution in [0.5, 0.6) is 0 Å². The van der Waals surface area contributed by atoms with E-state index in [1.807, 2.05) is 0 Å². The smallest absolute Gasteiger partial charge is 0.290 e. The van der Waals surface area contributed by atoms with Crippen LogP contribution in [0.15, 0.2) is 0 Å². The number of aromatic nitrogens is 3. The molecule has 0 aromatic carbocycles. The lowest BCUT2D eigenvalue weighted by molar-refractivity contribution is 0.0943. The number of aryl methyl sites for hydroxylation is 1. The van der Waals surface area contributed by atoms with Crippen molar-refractivity contribution in [3.05, 3.63) is 11.6 Å². The molecule has 0 fully saturated rings. The molecule has 0 saturated heterocycles. The zero-order chi connectivity index (χ0) is 11.1. The van der Waals surface area contributed by atoms with Gasteiger partial charge in [-0.05, 0) is 26.2 Å². The van der Waals surface area contributed by atoms with Crippen LogP contribution in [0.2, 0.25) is 0 Å². The molecule has 0 aliphatic heterocycles. The number of nitrogens with one attached hydrogen (secondary N) is 2. The molecule has 0 radical (unpaired) electrons. The minimum absolute atomic E-state index is 0.176. The number of unbranched alkanes of at least 4 members (excludes halogenated alkanes) is 2. The van der Waals surface area contributed by atoms with Crippen molar-refractivity contribution in [1.82, 2.24) is 20.5 Å². The Balaban J connectivity index is 2.19. The second kappa shape index (κ2) is 6.13. The van der Waals surface area contributed by atoms with E-state index >= 15 is 0 Å². The molecule has 1 rings (SSSR count). The van der Waals surface area contributed by atoms with Crippen LogP contribution in [0.4, 0.5) is 0 Å². The number of amides is 1. The summed E-state index contributed by atoms with van der Waals surface area (Å²) in [5.74, 6) is 0.540. The van der Waals surface area contributed by atoms with Gasteiger partial charge in [0.1, 0.15) is 5.82 Å². The molecule has 1 aromatic rings. The van der Waals surface area contributed by atoms with Crippen molar-refractivity contribution in [3.8, 4) is 0 Å². The molecule has 0 unspecified atom stereocenters. The lowest BCUT2D eigenvalue weighted by Gasteiger charge is -2.01. The van der Waals surface area contributed by atoms with E-state index in [0.717, 1.165) is 19.3 Å². The van der Waals surface area contributed by atoms with Crippen LogP contribution in [-0.4, -0.2) is 39.3 Å². The highest BCUT2D eigenvalue weighted by molar-refractivity contribution is 5.90. The molecular formula is C9H16N4O2. The van der Waals surface area contributed by atoms with Crippen LogP contribution in [0.25, 0.3) is 0 Å². The third-order valence-electron chi connectivity index (χ3n) is 1.92. The maximum absolute atomic E-state index is 11.4. The van der Waals surface area contributed by atoms with Gasteiger partial charge in [0.05, 0.1) is 0 Å². The molecule has 0 bridgehead atoms. The van der Waals surface area contributed by atoms with Crippen molar-refractivity contribution >= 4 is 5.91 Å². The van der Waals surface area contributed by atoms with E-state index in [9.17, 15) is 4.79 Å². The summed E-state index contributed by atoms with van der Waals surface area (Å²) in [5, 5.41) is 17.6. The number of aromatic amines is 1. The zero-order valence-electron chi connectivity index (χ0n) is 8.79. The molecule has 1 aromatic heterocycles. The Hall–Kier alpha value is -1.43. The maximum atomic E-state index is 11.4. The lowest BCUT2D eigenvalue weighted by atomic mass is 10.2. The van der Waals surface area contributed by atoms with Crippen molar-refractivity contribution < 1.29 is 9.90 Å². The highest BCUT2D eigenvalue weighted by Crippen LogP contribution is 1.94. The topological polar surface area (TPSA) is 90.9 Å².